The first kappa shape index (κ1) is 14.1. The third-order valence-corrected chi connectivity index (χ3v) is 3.58. The second kappa shape index (κ2) is 6.22. The smallest absolute Gasteiger partial charge is 0.0426 e. The highest BCUT2D eigenvalue weighted by molar-refractivity contribution is 9.10. The second-order valence-corrected chi connectivity index (χ2v) is 5.78. The molecule has 2 nitrogen and oxygen atoms in total. The molecule has 0 spiro atoms. The summed E-state index contributed by atoms with van der Waals surface area (Å²) in [4.78, 5) is 2.23. The van der Waals surface area contributed by atoms with Gasteiger partial charge in [0.05, 0.1) is 0 Å². The zero-order valence-corrected chi connectivity index (χ0v) is 12.9. The van der Waals surface area contributed by atoms with Crippen LogP contribution in [0, 0.1) is 6.92 Å². The highest BCUT2D eigenvalue weighted by atomic mass is 79.9. The Labute approximate surface area is 123 Å². The molecule has 2 aromatic rings. The molecule has 0 aromatic heterocycles. The van der Waals surface area contributed by atoms with E-state index >= 15 is 0 Å². The lowest BCUT2D eigenvalue weighted by atomic mass is 10.1. The van der Waals surface area contributed by atoms with Crippen LogP contribution < -0.4 is 10.6 Å². The van der Waals surface area contributed by atoms with E-state index in [-0.39, 0.29) is 0 Å². The molecule has 0 fully saturated rings. The van der Waals surface area contributed by atoms with Gasteiger partial charge in [0.1, 0.15) is 0 Å². The molecule has 0 unspecified atom stereocenters. The van der Waals surface area contributed by atoms with Crippen molar-refractivity contribution in [1.82, 2.24) is 0 Å². The molecule has 0 radical (unpaired) electrons. The van der Waals surface area contributed by atoms with E-state index in [1.807, 2.05) is 0 Å². The number of halogens is 1. The Kier molecular flexibility index (Phi) is 4.61. The average Bonchev–Trinajstić information content (AvgIpc) is 2.38. The van der Waals surface area contributed by atoms with Gasteiger partial charge in [-0.05, 0) is 36.2 Å². The molecule has 0 amide bonds. The van der Waals surface area contributed by atoms with Crippen molar-refractivity contribution in [1.29, 1.82) is 0 Å². The number of anilines is 1. The number of hydrogen-bond acceptors (Lipinski definition) is 2. The molecule has 2 aromatic carbocycles. The van der Waals surface area contributed by atoms with E-state index in [9.17, 15) is 0 Å². The summed E-state index contributed by atoms with van der Waals surface area (Å²) in [7, 11) is 2.10. The van der Waals surface area contributed by atoms with Crippen LogP contribution in [0.3, 0.4) is 0 Å². The molecule has 0 bridgehead atoms. The van der Waals surface area contributed by atoms with Crippen LogP contribution in [-0.2, 0) is 13.1 Å². The molecule has 0 aliphatic heterocycles. The first-order chi connectivity index (χ1) is 9.08. The lowest BCUT2D eigenvalue weighted by molar-refractivity contribution is 0.917. The summed E-state index contributed by atoms with van der Waals surface area (Å²) in [6.07, 6.45) is 0. The molecule has 19 heavy (non-hydrogen) atoms. The van der Waals surface area contributed by atoms with Crippen LogP contribution in [0.25, 0.3) is 0 Å². The fraction of sp³-hybridized carbons (Fsp3) is 0.250. The number of benzene rings is 2. The lowest BCUT2D eigenvalue weighted by Gasteiger charge is -2.21. The van der Waals surface area contributed by atoms with Crippen molar-refractivity contribution in [2.75, 3.05) is 11.9 Å². The normalized spacial score (nSPS) is 10.5. The van der Waals surface area contributed by atoms with Crippen LogP contribution in [0.1, 0.15) is 16.7 Å². The van der Waals surface area contributed by atoms with Crippen molar-refractivity contribution >= 4 is 21.6 Å². The molecule has 0 saturated carbocycles. The topological polar surface area (TPSA) is 29.3 Å². The predicted octanol–water partition coefficient (Wildman–Crippen LogP) is 3.85. The number of hydrogen-bond donors (Lipinski definition) is 1. The highest BCUT2D eigenvalue weighted by Crippen LogP contribution is 2.23. The Morgan fingerprint density at radius 3 is 2.58 bits per heavy atom. The number of nitrogens with two attached hydrogens (primary N) is 1. The van der Waals surface area contributed by atoms with E-state index in [0.29, 0.717) is 6.54 Å². The van der Waals surface area contributed by atoms with Crippen LogP contribution in [0.4, 0.5) is 5.69 Å². The largest absolute Gasteiger partial charge is 0.370 e. The molecule has 0 saturated heterocycles. The molecule has 2 rings (SSSR count). The van der Waals surface area contributed by atoms with Crippen molar-refractivity contribution < 1.29 is 0 Å². The van der Waals surface area contributed by atoms with Crippen LogP contribution in [0.2, 0.25) is 0 Å². The van der Waals surface area contributed by atoms with Gasteiger partial charge in [-0.15, -0.1) is 0 Å². The van der Waals surface area contributed by atoms with E-state index in [2.05, 4.69) is 77.3 Å². The van der Waals surface area contributed by atoms with Gasteiger partial charge in [0.25, 0.3) is 0 Å². The zero-order valence-electron chi connectivity index (χ0n) is 11.4. The van der Waals surface area contributed by atoms with Crippen molar-refractivity contribution in [2.45, 2.75) is 20.0 Å². The Morgan fingerprint density at radius 2 is 1.89 bits per heavy atom. The molecule has 0 heterocycles. The van der Waals surface area contributed by atoms with Crippen LogP contribution >= 0.6 is 15.9 Å². The second-order valence-electron chi connectivity index (χ2n) is 4.87. The van der Waals surface area contributed by atoms with Crippen LogP contribution in [-0.4, -0.2) is 7.05 Å². The molecular formula is C16H19BrN2. The molecule has 2 N–H and O–H groups in total. The van der Waals surface area contributed by atoms with Crippen LogP contribution in [0.15, 0.2) is 46.9 Å². The summed E-state index contributed by atoms with van der Waals surface area (Å²) in [6.45, 7) is 3.57. The SMILES string of the molecule is Cc1cccc(CN(C)c2cc(Br)cc(CN)c2)c1. The van der Waals surface area contributed by atoms with Crippen molar-refractivity contribution in [3.8, 4) is 0 Å². The molecular weight excluding hydrogens is 300 g/mol. The van der Waals surface area contributed by atoms with E-state index < -0.39 is 0 Å². The van der Waals surface area contributed by atoms with E-state index in [1.54, 1.807) is 0 Å². The van der Waals surface area contributed by atoms with Gasteiger partial charge in [0.15, 0.2) is 0 Å². The summed E-state index contributed by atoms with van der Waals surface area (Å²) in [5.74, 6) is 0. The van der Waals surface area contributed by atoms with Gasteiger partial charge in [-0.2, -0.15) is 0 Å². The van der Waals surface area contributed by atoms with Gasteiger partial charge < -0.3 is 10.6 Å². The van der Waals surface area contributed by atoms with Gasteiger partial charge in [-0.1, -0.05) is 45.8 Å². The first-order valence-corrected chi connectivity index (χ1v) is 7.14. The maximum atomic E-state index is 5.72. The average molecular weight is 319 g/mol. The number of aryl methyl sites for hydroxylation is 1. The van der Waals surface area contributed by atoms with Gasteiger partial charge in [0, 0.05) is 30.3 Å². The first-order valence-electron chi connectivity index (χ1n) is 6.34. The molecule has 3 heteroatoms. The van der Waals surface area contributed by atoms with Crippen molar-refractivity contribution in [3.05, 3.63) is 63.6 Å². The third-order valence-electron chi connectivity index (χ3n) is 3.12. The molecule has 100 valence electrons. The monoisotopic (exact) mass is 318 g/mol. The third kappa shape index (κ3) is 3.82. The minimum atomic E-state index is 0.560. The lowest BCUT2D eigenvalue weighted by Crippen LogP contribution is -2.16. The minimum absolute atomic E-state index is 0.560. The van der Waals surface area contributed by atoms with Gasteiger partial charge >= 0.3 is 0 Å². The highest BCUT2D eigenvalue weighted by Gasteiger charge is 2.05. The predicted molar refractivity (Wildman–Crippen MR) is 85.3 cm³/mol. The van der Waals surface area contributed by atoms with Gasteiger partial charge in [-0.3, -0.25) is 0 Å². The zero-order chi connectivity index (χ0) is 13.8. The summed E-state index contributed by atoms with van der Waals surface area (Å²) in [5, 5.41) is 0. The Morgan fingerprint density at radius 1 is 1.11 bits per heavy atom. The van der Waals surface area contributed by atoms with Crippen molar-refractivity contribution in [2.24, 2.45) is 5.73 Å². The molecule has 0 aliphatic carbocycles. The van der Waals surface area contributed by atoms with E-state index in [1.165, 1.54) is 16.8 Å². The fourth-order valence-corrected chi connectivity index (χ4v) is 2.68. The number of nitrogens with zero attached hydrogens (tertiary/aromatic N) is 1. The van der Waals surface area contributed by atoms with E-state index in [4.69, 9.17) is 5.73 Å². The summed E-state index contributed by atoms with van der Waals surface area (Å²) in [6, 6.07) is 14.9. The standard InChI is InChI=1S/C16H19BrN2/c1-12-4-3-5-13(6-12)11-19(2)16-8-14(10-18)7-15(17)9-16/h3-9H,10-11,18H2,1-2H3. The maximum Gasteiger partial charge on any atom is 0.0426 e. The molecule has 0 atom stereocenters. The Hall–Kier alpha value is -1.32. The Bertz CT molecular complexity index is 566. The van der Waals surface area contributed by atoms with Gasteiger partial charge in [0.2, 0.25) is 0 Å². The summed E-state index contributed by atoms with van der Waals surface area (Å²) in [5.41, 5.74) is 10.6. The number of rotatable bonds is 4. The molecule has 0 aliphatic rings. The van der Waals surface area contributed by atoms with Gasteiger partial charge in [-0.25, -0.2) is 0 Å². The van der Waals surface area contributed by atoms with E-state index in [0.717, 1.165) is 16.6 Å². The maximum absolute atomic E-state index is 5.72. The fourth-order valence-electron chi connectivity index (χ4n) is 2.15. The summed E-state index contributed by atoms with van der Waals surface area (Å²) < 4.78 is 1.07. The summed E-state index contributed by atoms with van der Waals surface area (Å²) >= 11 is 3.54. The minimum Gasteiger partial charge on any atom is -0.370 e. The quantitative estimate of drug-likeness (QED) is 0.927. The van der Waals surface area contributed by atoms with Crippen molar-refractivity contribution in [3.63, 3.8) is 0 Å². The van der Waals surface area contributed by atoms with Crippen LogP contribution in [0.5, 0.6) is 0 Å². The Balaban J connectivity index is 2.20.